The normalized spacial score (nSPS) is 28.6. The quantitative estimate of drug-likeness (QED) is 0.818. The molecule has 0 spiro atoms. The van der Waals surface area contributed by atoms with E-state index in [1.807, 2.05) is 0 Å². The number of piperidine rings is 1. The van der Waals surface area contributed by atoms with Crippen LogP contribution in [0.4, 0.5) is 0 Å². The van der Waals surface area contributed by atoms with Gasteiger partial charge >= 0.3 is 0 Å². The summed E-state index contributed by atoms with van der Waals surface area (Å²) in [6, 6.07) is 0.666. The van der Waals surface area contributed by atoms with Crippen LogP contribution in [0.2, 0.25) is 0 Å². The maximum absolute atomic E-state index is 6.19. The number of likely N-dealkylation sites (tertiary alicyclic amines) is 2. The van der Waals surface area contributed by atoms with Crippen molar-refractivity contribution >= 4 is 0 Å². The third-order valence-electron chi connectivity index (χ3n) is 5.67. The second-order valence-corrected chi connectivity index (χ2v) is 7.36. The Morgan fingerprint density at radius 3 is 2.35 bits per heavy atom. The standard InChI is InChI=1S/C16H34N4/c1-14(2)20-9-6-16(13-17,7-10-20)19(4)12-15-5-8-18(3)11-15/h14-15H,5-13,17H2,1-4H3. The van der Waals surface area contributed by atoms with Gasteiger partial charge in [-0.3, -0.25) is 4.90 Å². The van der Waals surface area contributed by atoms with E-state index >= 15 is 0 Å². The fraction of sp³-hybridized carbons (Fsp3) is 1.00. The molecule has 20 heavy (non-hydrogen) atoms. The summed E-state index contributed by atoms with van der Waals surface area (Å²) in [5.74, 6) is 0.830. The van der Waals surface area contributed by atoms with Crippen molar-refractivity contribution in [3.63, 3.8) is 0 Å². The second-order valence-electron chi connectivity index (χ2n) is 7.36. The van der Waals surface area contributed by atoms with Gasteiger partial charge in [-0.15, -0.1) is 0 Å². The average molecular weight is 282 g/mol. The van der Waals surface area contributed by atoms with Gasteiger partial charge < -0.3 is 15.5 Å². The van der Waals surface area contributed by atoms with E-state index in [4.69, 9.17) is 5.73 Å². The Labute approximate surface area is 125 Å². The number of hydrogen-bond donors (Lipinski definition) is 1. The van der Waals surface area contributed by atoms with Gasteiger partial charge in [0.1, 0.15) is 0 Å². The lowest BCUT2D eigenvalue weighted by Gasteiger charge is -2.48. The predicted molar refractivity (Wildman–Crippen MR) is 86.0 cm³/mol. The first kappa shape index (κ1) is 16.2. The van der Waals surface area contributed by atoms with Crippen LogP contribution in [-0.2, 0) is 0 Å². The highest BCUT2D eigenvalue weighted by Crippen LogP contribution is 2.29. The van der Waals surface area contributed by atoms with Crippen molar-refractivity contribution in [2.75, 3.05) is 53.4 Å². The maximum Gasteiger partial charge on any atom is 0.0353 e. The molecule has 2 aliphatic heterocycles. The third-order valence-corrected chi connectivity index (χ3v) is 5.67. The van der Waals surface area contributed by atoms with Crippen molar-refractivity contribution in [2.45, 2.75) is 44.7 Å². The summed E-state index contributed by atoms with van der Waals surface area (Å²) in [6.45, 7) is 11.5. The predicted octanol–water partition coefficient (Wildman–Crippen LogP) is 1.07. The van der Waals surface area contributed by atoms with Crippen molar-refractivity contribution in [1.29, 1.82) is 0 Å². The molecule has 2 rings (SSSR count). The molecule has 1 atom stereocenters. The Hall–Kier alpha value is -0.160. The van der Waals surface area contributed by atoms with Crippen LogP contribution in [0.1, 0.15) is 33.1 Å². The number of nitrogens with two attached hydrogens (primary N) is 1. The van der Waals surface area contributed by atoms with Crippen LogP contribution in [-0.4, -0.2) is 79.6 Å². The van der Waals surface area contributed by atoms with Crippen molar-refractivity contribution < 1.29 is 0 Å². The van der Waals surface area contributed by atoms with E-state index < -0.39 is 0 Å². The van der Waals surface area contributed by atoms with Gasteiger partial charge in [0, 0.05) is 44.3 Å². The average Bonchev–Trinajstić information content (AvgIpc) is 2.84. The summed E-state index contributed by atoms with van der Waals surface area (Å²) < 4.78 is 0. The summed E-state index contributed by atoms with van der Waals surface area (Å²) >= 11 is 0. The largest absolute Gasteiger partial charge is 0.329 e. The molecule has 0 aromatic rings. The molecular formula is C16H34N4. The monoisotopic (exact) mass is 282 g/mol. The molecule has 1 unspecified atom stereocenters. The lowest BCUT2D eigenvalue weighted by molar-refractivity contribution is 0.0264. The molecule has 2 aliphatic rings. The maximum atomic E-state index is 6.19. The Morgan fingerprint density at radius 1 is 1.25 bits per heavy atom. The fourth-order valence-electron chi connectivity index (χ4n) is 3.95. The van der Waals surface area contributed by atoms with Gasteiger partial charge in [0.25, 0.3) is 0 Å². The van der Waals surface area contributed by atoms with Crippen molar-refractivity contribution in [3.05, 3.63) is 0 Å². The highest BCUT2D eigenvalue weighted by atomic mass is 15.2. The van der Waals surface area contributed by atoms with Gasteiger partial charge in [-0.05, 0) is 59.7 Å². The van der Waals surface area contributed by atoms with Crippen molar-refractivity contribution in [1.82, 2.24) is 14.7 Å². The molecule has 0 aromatic heterocycles. The number of rotatable bonds is 5. The molecule has 4 nitrogen and oxygen atoms in total. The summed E-state index contributed by atoms with van der Waals surface area (Å²) in [4.78, 5) is 7.63. The van der Waals surface area contributed by atoms with Crippen LogP contribution < -0.4 is 5.73 Å². The van der Waals surface area contributed by atoms with Crippen LogP contribution in [0.25, 0.3) is 0 Å². The Kier molecular flexibility index (Phi) is 5.46. The van der Waals surface area contributed by atoms with E-state index in [0.717, 1.165) is 12.5 Å². The lowest BCUT2D eigenvalue weighted by Crippen LogP contribution is -2.59. The zero-order valence-corrected chi connectivity index (χ0v) is 13.9. The zero-order chi connectivity index (χ0) is 14.8. The highest BCUT2D eigenvalue weighted by molar-refractivity contribution is 4.96. The lowest BCUT2D eigenvalue weighted by atomic mass is 9.84. The summed E-state index contributed by atoms with van der Waals surface area (Å²) in [6.07, 6.45) is 3.79. The van der Waals surface area contributed by atoms with E-state index in [9.17, 15) is 0 Å². The molecule has 2 N–H and O–H groups in total. The first-order chi connectivity index (χ1) is 9.47. The topological polar surface area (TPSA) is 35.7 Å². The molecule has 0 radical (unpaired) electrons. The molecule has 0 bridgehead atoms. The van der Waals surface area contributed by atoms with Gasteiger partial charge in [0.05, 0.1) is 0 Å². The molecule has 2 fully saturated rings. The van der Waals surface area contributed by atoms with E-state index in [-0.39, 0.29) is 5.54 Å². The molecule has 118 valence electrons. The minimum atomic E-state index is 0.243. The third kappa shape index (κ3) is 3.53. The van der Waals surface area contributed by atoms with Crippen LogP contribution in [0.15, 0.2) is 0 Å². The van der Waals surface area contributed by atoms with Crippen molar-refractivity contribution in [2.24, 2.45) is 11.7 Å². The molecule has 0 aromatic carbocycles. The van der Waals surface area contributed by atoms with Crippen LogP contribution >= 0.6 is 0 Å². The van der Waals surface area contributed by atoms with E-state index in [2.05, 4.69) is 42.6 Å². The summed E-state index contributed by atoms with van der Waals surface area (Å²) in [5, 5.41) is 0. The first-order valence-electron chi connectivity index (χ1n) is 8.31. The van der Waals surface area contributed by atoms with E-state index in [0.29, 0.717) is 6.04 Å². The minimum Gasteiger partial charge on any atom is -0.329 e. The number of hydrogen-bond acceptors (Lipinski definition) is 4. The number of nitrogens with zero attached hydrogens (tertiary/aromatic N) is 3. The Balaban J connectivity index is 1.90. The fourth-order valence-corrected chi connectivity index (χ4v) is 3.95. The molecule has 2 saturated heterocycles. The van der Waals surface area contributed by atoms with Gasteiger partial charge in [0.15, 0.2) is 0 Å². The molecule has 0 saturated carbocycles. The summed E-state index contributed by atoms with van der Waals surface area (Å²) in [7, 11) is 4.54. The van der Waals surface area contributed by atoms with Crippen LogP contribution in [0.5, 0.6) is 0 Å². The highest BCUT2D eigenvalue weighted by Gasteiger charge is 2.38. The van der Waals surface area contributed by atoms with E-state index in [1.165, 1.54) is 52.0 Å². The van der Waals surface area contributed by atoms with Crippen LogP contribution in [0.3, 0.4) is 0 Å². The van der Waals surface area contributed by atoms with Gasteiger partial charge in [0.2, 0.25) is 0 Å². The van der Waals surface area contributed by atoms with Gasteiger partial charge in [-0.25, -0.2) is 0 Å². The van der Waals surface area contributed by atoms with E-state index in [1.54, 1.807) is 0 Å². The second kappa shape index (κ2) is 6.73. The molecule has 4 heteroatoms. The minimum absolute atomic E-state index is 0.243. The Morgan fingerprint density at radius 2 is 1.90 bits per heavy atom. The molecule has 0 amide bonds. The Bertz CT molecular complexity index is 297. The smallest absolute Gasteiger partial charge is 0.0353 e. The molecular weight excluding hydrogens is 248 g/mol. The van der Waals surface area contributed by atoms with Gasteiger partial charge in [-0.1, -0.05) is 0 Å². The summed E-state index contributed by atoms with van der Waals surface area (Å²) in [5.41, 5.74) is 6.43. The first-order valence-corrected chi connectivity index (χ1v) is 8.31. The van der Waals surface area contributed by atoms with Gasteiger partial charge in [-0.2, -0.15) is 0 Å². The SMILES string of the molecule is CC(C)N1CCC(CN)(N(C)CC2CCN(C)C2)CC1. The van der Waals surface area contributed by atoms with Crippen molar-refractivity contribution in [3.8, 4) is 0 Å². The van der Waals surface area contributed by atoms with Crippen LogP contribution in [0, 0.1) is 5.92 Å². The molecule has 0 aliphatic carbocycles. The zero-order valence-electron chi connectivity index (χ0n) is 13.9. The molecule has 2 heterocycles. The number of likely N-dealkylation sites (N-methyl/N-ethyl adjacent to an activating group) is 1.